The van der Waals surface area contributed by atoms with E-state index in [9.17, 15) is 7.85 Å². The van der Waals surface area contributed by atoms with E-state index in [1.807, 2.05) is 78.9 Å². The maximum Gasteiger partial charge on any atom is 0.134 e. The summed E-state index contributed by atoms with van der Waals surface area (Å²) in [5.74, 6) is 0.339. The first-order chi connectivity index (χ1) is 40.0. The van der Waals surface area contributed by atoms with Crippen LogP contribution in [0.15, 0.2) is 194 Å². The third-order valence-corrected chi connectivity index (χ3v) is 13.7. The number of nitrogens with one attached hydrogen (secondary N) is 1. The number of anilines is 3. The van der Waals surface area contributed by atoms with Gasteiger partial charge in [-0.1, -0.05) is 202 Å². The van der Waals surface area contributed by atoms with Crippen LogP contribution in [-0.4, -0.2) is 10.1 Å². The molecule has 0 bridgehead atoms. The van der Waals surface area contributed by atoms with Gasteiger partial charge in [0.1, 0.15) is 11.9 Å². The molecule has 2 N–H and O–H groups in total. The fraction of sp³-hybridized carbons (Fsp3) is 0.221. The molecular formula is C68H67N3O. The molecule has 0 radical (unpaired) electrons. The lowest BCUT2D eigenvalue weighted by molar-refractivity contribution is 0.453. The highest BCUT2D eigenvalue weighted by Crippen LogP contribution is 2.56. The largest absolute Gasteiger partial charge is 0.507 e. The van der Waals surface area contributed by atoms with Gasteiger partial charge in [0, 0.05) is 40.8 Å². The van der Waals surface area contributed by atoms with Gasteiger partial charge in [-0.25, -0.2) is 0 Å². The molecule has 72 heavy (non-hydrogen) atoms. The van der Waals surface area contributed by atoms with Gasteiger partial charge in [-0.15, -0.1) is 0 Å². The van der Waals surface area contributed by atoms with Crippen molar-refractivity contribution in [1.82, 2.24) is 4.98 Å². The summed E-state index contributed by atoms with van der Waals surface area (Å²) in [6.07, 6.45) is 0.802. The van der Waals surface area contributed by atoms with Crippen LogP contribution in [0, 0.1) is 0 Å². The van der Waals surface area contributed by atoms with Crippen molar-refractivity contribution in [2.75, 3.05) is 10.2 Å². The van der Waals surface area contributed by atoms with Crippen LogP contribution in [0.4, 0.5) is 17.1 Å². The zero-order valence-corrected chi connectivity index (χ0v) is 41.7. The number of aromatic nitrogens is 1. The van der Waals surface area contributed by atoms with Gasteiger partial charge in [0.2, 0.25) is 0 Å². The van der Waals surface area contributed by atoms with E-state index < -0.39 is 61.9 Å². The molecule has 1 aliphatic heterocycles. The minimum atomic E-state index is -3.82. The third-order valence-electron chi connectivity index (χ3n) is 13.7. The maximum absolute atomic E-state index is 12.7. The van der Waals surface area contributed by atoms with Crippen LogP contribution in [0.2, 0.25) is 0 Å². The number of phenols is 1. The number of rotatable bonds is 10. The van der Waals surface area contributed by atoms with E-state index in [2.05, 4.69) is 131 Å². The Bertz CT molecular complexity index is 3940. The molecule has 0 amide bonds. The molecule has 8 aromatic carbocycles. The number of para-hydroxylation sites is 1. The lowest BCUT2D eigenvalue weighted by atomic mass is 9.79. The summed E-state index contributed by atoms with van der Waals surface area (Å²) in [5, 5.41) is 16.7. The molecule has 4 nitrogen and oxygen atoms in total. The molecule has 1 aromatic heterocycles. The van der Waals surface area contributed by atoms with Crippen molar-refractivity contribution in [3.63, 3.8) is 0 Å². The first-order valence-corrected chi connectivity index (χ1v) is 24.6. The fourth-order valence-corrected chi connectivity index (χ4v) is 9.88. The molecule has 0 saturated carbocycles. The Balaban J connectivity index is 1.22. The average Bonchev–Trinajstić information content (AvgIpc) is 1.24. The summed E-state index contributed by atoms with van der Waals surface area (Å²) < 4.78 is 112. The number of phenolic OH excluding ortho intramolecular Hbond substituents is 1. The van der Waals surface area contributed by atoms with Crippen LogP contribution in [0.3, 0.4) is 0 Å². The summed E-state index contributed by atoms with van der Waals surface area (Å²) >= 11 is 0. The molecule has 2 heterocycles. The summed E-state index contributed by atoms with van der Waals surface area (Å²) in [4.78, 5) is 7.12. The smallest absolute Gasteiger partial charge is 0.134 e. The predicted molar refractivity (Wildman–Crippen MR) is 305 cm³/mol. The highest BCUT2D eigenvalue weighted by Gasteiger charge is 2.38. The van der Waals surface area contributed by atoms with E-state index >= 15 is 0 Å². The minimum absolute atomic E-state index is 0.00121. The Hall–Kier alpha value is -7.69. The lowest BCUT2D eigenvalue weighted by Gasteiger charge is -2.33. The van der Waals surface area contributed by atoms with E-state index in [1.165, 1.54) is 17.8 Å². The van der Waals surface area contributed by atoms with Gasteiger partial charge in [-0.3, -0.25) is 4.98 Å². The van der Waals surface area contributed by atoms with Crippen molar-refractivity contribution in [2.45, 2.75) is 97.9 Å². The van der Waals surface area contributed by atoms with Crippen molar-refractivity contribution < 1.29 is 22.9 Å². The summed E-state index contributed by atoms with van der Waals surface area (Å²) in [6, 6.07) is 50.9. The summed E-state index contributed by atoms with van der Waals surface area (Å²) in [7, 11) is 0. The highest BCUT2D eigenvalue weighted by atomic mass is 16.3. The zero-order chi connectivity index (χ0) is 61.5. The fourth-order valence-electron chi connectivity index (χ4n) is 9.88. The second-order valence-corrected chi connectivity index (χ2v) is 20.5. The number of pyridine rings is 1. The molecule has 1 atom stereocenters. The van der Waals surface area contributed by atoms with Crippen molar-refractivity contribution in [3.8, 4) is 72.6 Å². The normalized spacial score (nSPS) is 16.8. The second kappa shape index (κ2) is 19.1. The molecule has 0 aliphatic carbocycles. The standard InChI is InChI=1S/C68H67N3O/c1-43(2)50-38-56(44(3)4)65(72)59(39-50)66-70-64-55(27-20-28-62(64)71(66)63-42-57(47-23-16-12-17-24-47)60(68(8,9)10)41-58(63)48-25-18-13-19-26-48)52-35-51(45-21-14-11-15-22-45)36-53(37-52)61-40-49(33-34-69-61)46-29-31-54(32-30-46)67(5,6)7/h11-44,66,70,72H,1-10H3/i5D3,6D3,7D3,29D,30D,31D,32D. The number of aromatic hydroxyl groups is 1. The lowest BCUT2D eigenvalue weighted by Crippen LogP contribution is -2.25. The van der Waals surface area contributed by atoms with Crippen molar-refractivity contribution in [3.05, 3.63) is 222 Å². The average molecular weight is 955 g/mol. The van der Waals surface area contributed by atoms with Gasteiger partial charge >= 0.3 is 0 Å². The van der Waals surface area contributed by atoms with E-state index in [1.54, 1.807) is 6.07 Å². The van der Waals surface area contributed by atoms with Gasteiger partial charge in [0.05, 0.1) is 28.2 Å². The van der Waals surface area contributed by atoms with Crippen molar-refractivity contribution >= 4 is 17.1 Å². The van der Waals surface area contributed by atoms with Gasteiger partial charge < -0.3 is 15.3 Å². The van der Waals surface area contributed by atoms with Crippen LogP contribution in [-0.2, 0) is 10.8 Å². The Morgan fingerprint density at radius 2 is 1.17 bits per heavy atom. The molecule has 360 valence electrons. The van der Waals surface area contributed by atoms with Gasteiger partial charge in [0.25, 0.3) is 0 Å². The predicted octanol–water partition coefficient (Wildman–Crippen LogP) is 18.9. The Morgan fingerprint density at radius 1 is 0.542 bits per heavy atom. The SMILES string of the molecule is [2H]c1c([2H])c(C(C([2H])([2H])[2H])(C([2H])([2H])[2H])C([2H])([2H])[2H])c([2H])c([2H])c1-c1ccnc(-c2cc(-c3ccccc3)cc(-c3cccc4c3NC(c3cc(C(C)C)cc(C(C)C)c3O)N4c3cc(-c4ccccc4)c(C(C)(C)C)cc3-c3ccccc3)c2)c1. The van der Waals surface area contributed by atoms with Crippen molar-refractivity contribution in [1.29, 1.82) is 0 Å². The molecule has 10 rings (SSSR count). The third kappa shape index (κ3) is 9.35. The zero-order valence-electron chi connectivity index (χ0n) is 54.7. The first-order valence-electron chi connectivity index (χ1n) is 31.1. The molecule has 1 aliphatic rings. The second-order valence-electron chi connectivity index (χ2n) is 20.5. The molecule has 0 fully saturated rings. The minimum Gasteiger partial charge on any atom is -0.507 e. The monoisotopic (exact) mass is 955 g/mol. The molecule has 9 aromatic rings. The van der Waals surface area contributed by atoms with Gasteiger partial charge in [0.15, 0.2) is 0 Å². The van der Waals surface area contributed by atoms with Crippen LogP contribution in [0.25, 0.3) is 66.9 Å². The van der Waals surface area contributed by atoms with E-state index in [0.29, 0.717) is 16.8 Å². The molecule has 0 spiro atoms. The molecular weight excluding hydrogens is 875 g/mol. The number of nitrogens with zero attached hydrogens (tertiary/aromatic N) is 2. The highest BCUT2D eigenvalue weighted by molar-refractivity contribution is 5.99. The summed E-state index contributed by atoms with van der Waals surface area (Å²) in [6.45, 7) is 3.74. The van der Waals surface area contributed by atoms with Crippen LogP contribution >= 0.6 is 0 Å². The van der Waals surface area contributed by atoms with Crippen molar-refractivity contribution in [2.24, 2.45) is 0 Å². The first kappa shape index (κ1) is 34.6. The Morgan fingerprint density at radius 3 is 1.79 bits per heavy atom. The molecule has 1 unspecified atom stereocenters. The van der Waals surface area contributed by atoms with Crippen LogP contribution in [0.5, 0.6) is 5.75 Å². The van der Waals surface area contributed by atoms with E-state index in [0.717, 1.165) is 72.7 Å². The van der Waals surface area contributed by atoms with E-state index in [-0.39, 0.29) is 34.1 Å². The van der Waals surface area contributed by atoms with Gasteiger partial charge in [-0.2, -0.15) is 0 Å². The molecule has 0 saturated heterocycles. The number of benzene rings is 8. The van der Waals surface area contributed by atoms with E-state index in [4.69, 9.17) is 20.1 Å². The van der Waals surface area contributed by atoms with Crippen LogP contribution < -0.4 is 10.2 Å². The molecule has 4 heteroatoms. The topological polar surface area (TPSA) is 48.4 Å². The summed E-state index contributed by atoms with van der Waals surface area (Å²) in [5.41, 5.74) is 9.30. The number of hydrogen-bond donors (Lipinski definition) is 2. The van der Waals surface area contributed by atoms with Gasteiger partial charge in [-0.05, 0) is 144 Å². The number of fused-ring (bicyclic) bond motifs is 1. The quantitative estimate of drug-likeness (QED) is 0.143. The number of hydrogen-bond acceptors (Lipinski definition) is 4. The van der Waals surface area contributed by atoms with Crippen LogP contribution in [0.1, 0.15) is 133 Å². The Labute approximate surface area is 446 Å². The Kier molecular flexibility index (Phi) is 9.20. The maximum atomic E-state index is 12.7.